The molecule has 0 atom stereocenters. The molecule has 0 radical (unpaired) electrons. The third kappa shape index (κ3) is 2.45. The number of carbonyl (C=O) groups excluding carboxylic acids is 1. The summed E-state index contributed by atoms with van der Waals surface area (Å²) in [7, 11) is 1.67. The molecule has 0 spiro atoms. The zero-order chi connectivity index (χ0) is 13.1. The number of carbonyl (C=O) groups is 1. The van der Waals surface area contributed by atoms with Gasteiger partial charge < -0.3 is 10.6 Å². The molecule has 2 aromatic heterocycles. The Kier molecular flexibility index (Phi) is 3.22. The molecule has 0 aromatic carbocycles. The number of hydrogen-bond donors (Lipinski definition) is 2. The minimum absolute atomic E-state index is 0.198. The van der Waals surface area contributed by atoms with Crippen molar-refractivity contribution in [1.82, 2.24) is 25.1 Å². The highest BCUT2D eigenvalue weighted by Crippen LogP contribution is 2.14. The van der Waals surface area contributed by atoms with Gasteiger partial charge in [-0.1, -0.05) is 0 Å². The summed E-state index contributed by atoms with van der Waals surface area (Å²) in [6.45, 7) is 2.16. The average molecular weight is 246 g/mol. The molecule has 0 aliphatic carbocycles. The maximum absolute atomic E-state index is 12.1. The van der Waals surface area contributed by atoms with Crippen molar-refractivity contribution in [1.29, 1.82) is 0 Å². The van der Waals surface area contributed by atoms with E-state index >= 15 is 0 Å². The van der Waals surface area contributed by atoms with Gasteiger partial charge in [0.15, 0.2) is 0 Å². The smallest absolute Gasteiger partial charge is 0.257 e. The second-order valence-corrected chi connectivity index (χ2v) is 4.01. The fourth-order valence-electron chi connectivity index (χ4n) is 1.57. The summed E-state index contributed by atoms with van der Waals surface area (Å²) in [5.41, 5.74) is 7.41. The van der Waals surface area contributed by atoms with E-state index in [0.717, 1.165) is 5.69 Å². The predicted molar refractivity (Wildman–Crippen MR) is 65.6 cm³/mol. The Morgan fingerprint density at radius 3 is 2.89 bits per heavy atom. The molecule has 2 rings (SSSR count). The van der Waals surface area contributed by atoms with Crippen LogP contribution < -0.4 is 5.73 Å². The first-order valence-corrected chi connectivity index (χ1v) is 5.39. The zero-order valence-electron chi connectivity index (χ0n) is 10.2. The number of pyridine rings is 1. The van der Waals surface area contributed by atoms with Crippen molar-refractivity contribution in [2.24, 2.45) is 0 Å². The number of anilines is 1. The first-order valence-electron chi connectivity index (χ1n) is 5.39. The standard InChI is InChI=1S/C11H14N6O/c1-7-3-9(12)8(4-13-7)11(18)17(2)5-10-14-6-15-16-10/h3-4,6H,5H2,1-2H3,(H2,12,13)(H,14,15,16). The quantitative estimate of drug-likeness (QED) is 0.814. The number of nitrogens with one attached hydrogen (secondary N) is 1. The Bertz CT molecular complexity index is 551. The number of amides is 1. The van der Waals surface area contributed by atoms with Gasteiger partial charge in [-0.3, -0.25) is 14.9 Å². The topological polar surface area (TPSA) is 101 Å². The summed E-state index contributed by atoms with van der Waals surface area (Å²) >= 11 is 0. The maximum Gasteiger partial charge on any atom is 0.257 e. The highest BCUT2D eigenvalue weighted by molar-refractivity contribution is 5.98. The van der Waals surface area contributed by atoms with E-state index in [0.29, 0.717) is 23.6 Å². The Morgan fingerprint density at radius 1 is 1.50 bits per heavy atom. The van der Waals surface area contributed by atoms with Gasteiger partial charge in [0.05, 0.1) is 12.1 Å². The Morgan fingerprint density at radius 2 is 2.28 bits per heavy atom. The van der Waals surface area contributed by atoms with Gasteiger partial charge in [0.2, 0.25) is 0 Å². The summed E-state index contributed by atoms with van der Waals surface area (Å²) in [6.07, 6.45) is 2.89. The molecular weight excluding hydrogens is 232 g/mol. The molecule has 18 heavy (non-hydrogen) atoms. The minimum atomic E-state index is -0.198. The van der Waals surface area contributed by atoms with Crippen LogP contribution in [-0.2, 0) is 6.54 Å². The van der Waals surface area contributed by atoms with Gasteiger partial charge >= 0.3 is 0 Å². The number of nitrogens with zero attached hydrogens (tertiary/aromatic N) is 4. The van der Waals surface area contributed by atoms with Crippen LogP contribution in [0.4, 0.5) is 5.69 Å². The van der Waals surface area contributed by atoms with Crippen LogP contribution in [0.5, 0.6) is 0 Å². The number of aromatic amines is 1. The normalized spacial score (nSPS) is 10.3. The Hall–Kier alpha value is -2.44. The third-order valence-corrected chi connectivity index (χ3v) is 2.50. The van der Waals surface area contributed by atoms with Gasteiger partial charge in [0.1, 0.15) is 12.2 Å². The predicted octanol–water partition coefficient (Wildman–Crippen LogP) is 0.363. The largest absolute Gasteiger partial charge is 0.398 e. The van der Waals surface area contributed by atoms with Gasteiger partial charge in [-0.2, -0.15) is 5.10 Å². The summed E-state index contributed by atoms with van der Waals surface area (Å²) < 4.78 is 0. The van der Waals surface area contributed by atoms with Crippen molar-refractivity contribution < 1.29 is 4.79 Å². The fraction of sp³-hybridized carbons (Fsp3) is 0.273. The van der Waals surface area contributed by atoms with Gasteiger partial charge in [-0.15, -0.1) is 0 Å². The monoisotopic (exact) mass is 246 g/mol. The van der Waals surface area contributed by atoms with E-state index in [2.05, 4.69) is 20.2 Å². The number of nitrogens with two attached hydrogens (primary N) is 1. The molecule has 0 fully saturated rings. The molecule has 2 heterocycles. The van der Waals surface area contributed by atoms with Crippen LogP contribution in [0.1, 0.15) is 21.9 Å². The third-order valence-electron chi connectivity index (χ3n) is 2.50. The van der Waals surface area contributed by atoms with Crippen molar-refractivity contribution in [2.45, 2.75) is 13.5 Å². The summed E-state index contributed by atoms with van der Waals surface area (Å²) in [5.74, 6) is 0.417. The lowest BCUT2D eigenvalue weighted by Gasteiger charge is -2.16. The van der Waals surface area contributed by atoms with E-state index in [1.165, 1.54) is 17.4 Å². The Balaban J connectivity index is 2.15. The molecule has 0 saturated heterocycles. The lowest BCUT2D eigenvalue weighted by molar-refractivity contribution is 0.0782. The van der Waals surface area contributed by atoms with Gasteiger partial charge in [0, 0.05) is 24.6 Å². The molecule has 7 nitrogen and oxygen atoms in total. The Labute approximate surface area is 104 Å². The number of aryl methyl sites for hydroxylation is 1. The van der Waals surface area contributed by atoms with Crippen LogP contribution in [0.25, 0.3) is 0 Å². The highest BCUT2D eigenvalue weighted by atomic mass is 16.2. The summed E-state index contributed by atoms with van der Waals surface area (Å²) in [5, 5.41) is 6.42. The number of aromatic nitrogens is 4. The van der Waals surface area contributed by atoms with E-state index in [-0.39, 0.29) is 5.91 Å². The molecule has 2 aromatic rings. The molecule has 94 valence electrons. The van der Waals surface area contributed by atoms with Crippen LogP contribution >= 0.6 is 0 Å². The minimum Gasteiger partial charge on any atom is -0.398 e. The van der Waals surface area contributed by atoms with E-state index in [4.69, 9.17) is 5.73 Å². The molecule has 7 heteroatoms. The van der Waals surface area contributed by atoms with Crippen LogP contribution in [-0.4, -0.2) is 38.0 Å². The summed E-state index contributed by atoms with van der Waals surface area (Å²) in [6, 6.07) is 1.68. The number of H-pyrrole nitrogens is 1. The van der Waals surface area contributed by atoms with Crippen molar-refractivity contribution in [3.63, 3.8) is 0 Å². The van der Waals surface area contributed by atoms with Crippen LogP contribution in [0.15, 0.2) is 18.6 Å². The number of rotatable bonds is 3. The molecule has 0 bridgehead atoms. The molecule has 0 unspecified atom stereocenters. The van der Waals surface area contributed by atoms with E-state index in [1.807, 2.05) is 6.92 Å². The van der Waals surface area contributed by atoms with Crippen molar-refractivity contribution >= 4 is 11.6 Å². The fourth-order valence-corrected chi connectivity index (χ4v) is 1.57. The van der Waals surface area contributed by atoms with Crippen molar-refractivity contribution in [2.75, 3.05) is 12.8 Å². The van der Waals surface area contributed by atoms with E-state index in [9.17, 15) is 4.79 Å². The van der Waals surface area contributed by atoms with Crippen molar-refractivity contribution in [3.05, 3.63) is 35.7 Å². The molecule has 0 saturated carbocycles. The van der Waals surface area contributed by atoms with Crippen molar-refractivity contribution in [3.8, 4) is 0 Å². The van der Waals surface area contributed by atoms with Gasteiger partial charge in [-0.05, 0) is 13.0 Å². The maximum atomic E-state index is 12.1. The lowest BCUT2D eigenvalue weighted by Crippen LogP contribution is -2.27. The SMILES string of the molecule is Cc1cc(N)c(C(=O)N(C)Cc2ncn[nH]2)cn1. The number of nitrogen functional groups attached to an aromatic ring is 1. The van der Waals surface area contributed by atoms with Crippen LogP contribution in [0.3, 0.4) is 0 Å². The molecule has 1 amide bonds. The van der Waals surface area contributed by atoms with E-state index < -0.39 is 0 Å². The lowest BCUT2D eigenvalue weighted by atomic mass is 10.2. The molecular formula is C11H14N6O. The second-order valence-electron chi connectivity index (χ2n) is 4.01. The van der Waals surface area contributed by atoms with Gasteiger partial charge in [-0.25, -0.2) is 4.98 Å². The van der Waals surface area contributed by atoms with E-state index in [1.54, 1.807) is 13.1 Å². The molecule has 0 aliphatic rings. The highest BCUT2D eigenvalue weighted by Gasteiger charge is 2.16. The zero-order valence-corrected chi connectivity index (χ0v) is 10.2. The van der Waals surface area contributed by atoms with Gasteiger partial charge in [0.25, 0.3) is 5.91 Å². The van der Waals surface area contributed by atoms with Crippen LogP contribution in [0, 0.1) is 6.92 Å². The average Bonchev–Trinajstić information content (AvgIpc) is 2.81. The first kappa shape index (κ1) is 12.0. The molecule has 3 N–H and O–H groups in total. The molecule has 0 aliphatic heterocycles. The van der Waals surface area contributed by atoms with Crippen LogP contribution in [0.2, 0.25) is 0 Å². The second kappa shape index (κ2) is 4.82. The summed E-state index contributed by atoms with van der Waals surface area (Å²) in [4.78, 5) is 21.7. The first-order chi connectivity index (χ1) is 8.58. The number of hydrogen-bond acceptors (Lipinski definition) is 5.